The van der Waals surface area contributed by atoms with Gasteiger partial charge in [0.25, 0.3) is 0 Å². The molecule has 0 saturated carbocycles. The molecule has 0 aliphatic carbocycles. The SMILES string of the molecule is C=CCOc1ccc(-c2cnc(-c3ccc(C=CCCCC(C)OCCCCC)cn3)nc2)cc1. The second-order valence-electron chi connectivity index (χ2n) is 8.62. The van der Waals surface area contributed by atoms with Crippen LogP contribution in [0.15, 0.2) is 73.7 Å². The maximum atomic E-state index is 5.86. The van der Waals surface area contributed by atoms with Gasteiger partial charge in [-0.2, -0.15) is 0 Å². The van der Waals surface area contributed by atoms with Gasteiger partial charge in [-0.1, -0.05) is 62.8 Å². The number of hydrogen-bond donors (Lipinski definition) is 0. The van der Waals surface area contributed by atoms with Crippen LogP contribution in [0.1, 0.15) is 57.9 Å². The fourth-order valence-electron chi connectivity index (χ4n) is 3.61. The molecule has 3 aromatic rings. The Morgan fingerprint density at radius 1 is 0.914 bits per heavy atom. The summed E-state index contributed by atoms with van der Waals surface area (Å²) in [6.45, 7) is 9.42. The van der Waals surface area contributed by atoms with Crippen molar-refractivity contribution < 1.29 is 9.47 Å². The number of rotatable bonds is 15. The van der Waals surface area contributed by atoms with Crippen molar-refractivity contribution in [2.45, 2.75) is 58.5 Å². The van der Waals surface area contributed by atoms with Crippen LogP contribution in [-0.2, 0) is 4.74 Å². The van der Waals surface area contributed by atoms with Crippen molar-refractivity contribution in [2.24, 2.45) is 0 Å². The smallest absolute Gasteiger partial charge is 0.178 e. The highest BCUT2D eigenvalue weighted by molar-refractivity contribution is 5.64. The zero-order chi connectivity index (χ0) is 24.7. The molecular weight excluding hydrogens is 434 g/mol. The number of ether oxygens (including phenoxy) is 2. The van der Waals surface area contributed by atoms with Gasteiger partial charge in [-0.25, -0.2) is 9.97 Å². The van der Waals surface area contributed by atoms with Gasteiger partial charge >= 0.3 is 0 Å². The molecule has 0 radical (unpaired) electrons. The van der Waals surface area contributed by atoms with E-state index in [2.05, 4.69) is 53.6 Å². The molecule has 0 fully saturated rings. The van der Waals surface area contributed by atoms with Crippen LogP contribution in [0.25, 0.3) is 28.7 Å². The van der Waals surface area contributed by atoms with Gasteiger partial charge < -0.3 is 9.47 Å². The van der Waals surface area contributed by atoms with Gasteiger partial charge in [0.05, 0.1) is 6.10 Å². The van der Waals surface area contributed by atoms with Crippen molar-refractivity contribution in [3.05, 3.63) is 79.3 Å². The molecule has 0 bridgehead atoms. The number of hydrogen-bond acceptors (Lipinski definition) is 5. The molecule has 35 heavy (non-hydrogen) atoms. The molecule has 2 aromatic heterocycles. The highest BCUT2D eigenvalue weighted by atomic mass is 16.5. The van der Waals surface area contributed by atoms with E-state index < -0.39 is 0 Å². The molecule has 0 spiro atoms. The lowest BCUT2D eigenvalue weighted by Gasteiger charge is -2.11. The van der Waals surface area contributed by atoms with Gasteiger partial charge in [0.15, 0.2) is 5.82 Å². The van der Waals surface area contributed by atoms with E-state index >= 15 is 0 Å². The average Bonchev–Trinajstić information content (AvgIpc) is 2.90. The summed E-state index contributed by atoms with van der Waals surface area (Å²) in [6, 6.07) is 11.9. The number of benzene rings is 1. The van der Waals surface area contributed by atoms with E-state index in [1.807, 2.05) is 48.9 Å². The van der Waals surface area contributed by atoms with Gasteiger partial charge in [-0.05, 0) is 61.9 Å². The van der Waals surface area contributed by atoms with Gasteiger partial charge in [-0.3, -0.25) is 4.98 Å². The molecule has 1 atom stereocenters. The summed E-state index contributed by atoms with van der Waals surface area (Å²) < 4.78 is 11.4. The maximum absolute atomic E-state index is 5.86. The standard InChI is InChI=1S/C30H37N3O2/c1-4-6-10-20-34-24(3)11-8-7-9-12-25-13-18-29(31-21-25)30-32-22-27(23-33-30)26-14-16-28(17-15-26)35-19-5-2/h5,9,12-18,21-24H,2,4,6-8,10-11,19-20H2,1,3H3. The number of nitrogens with zero attached hydrogens (tertiary/aromatic N) is 3. The first-order valence-corrected chi connectivity index (χ1v) is 12.6. The fourth-order valence-corrected chi connectivity index (χ4v) is 3.61. The fraction of sp³-hybridized carbons (Fsp3) is 0.367. The first-order valence-electron chi connectivity index (χ1n) is 12.6. The first-order chi connectivity index (χ1) is 17.2. The van der Waals surface area contributed by atoms with Crippen molar-refractivity contribution in [1.29, 1.82) is 0 Å². The first kappa shape index (κ1) is 26.3. The molecule has 0 saturated heterocycles. The third-order valence-electron chi connectivity index (χ3n) is 5.66. The molecular formula is C30H37N3O2. The summed E-state index contributed by atoms with van der Waals surface area (Å²) in [5.41, 5.74) is 3.82. The van der Waals surface area contributed by atoms with Crippen molar-refractivity contribution in [2.75, 3.05) is 13.2 Å². The maximum Gasteiger partial charge on any atom is 0.178 e. The molecule has 3 rings (SSSR count). The molecule has 1 unspecified atom stereocenters. The zero-order valence-electron chi connectivity index (χ0n) is 21.0. The number of pyridine rings is 1. The molecule has 0 aliphatic heterocycles. The topological polar surface area (TPSA) is 57.1 Å². The van der Waals surface area contributed by atoms with Crippen LogP contribution in [0.2, 0.25) is 0 Å². The molecule has 2 heterocycles. The van der Waals surface area contributed by atoms with Crippen LogP contribution >= 0.6 is 0 Å². The van der Waals surface area contributed by atoms with Crippen LogP contribution in [0.3, 0.4) is 0 Å². The molecule has 0 N–H and O–H groups in total. The Morgan fingerprint density at radius 2 is 1.71 bits per heavy atom. The van der Waals surface area contributed by atoms with Crippen LogP contribution in [0.5, 0.6) is 5.75 Å². The van der Waals surface area contributed by atoms with Crippen LogP contribution in [0, 0.1) is 0 Å². The summed E-state index contributed by atoms with van der Waals surface area (Å²) in [4.78, 5) is 13.6. The summed E-state index contributed by atoms with van der Waals surface area (Å²) in [7, 11) is 0. The normalized spacial score (nSPS) is 12.1. The lowest BCUT2D eigenvalue weighted by atomic mass is 10.1. The Labute approximate surface area is 210 Å². The Bertz CT molecular complexity index is 1030. The number of allylic oxidation sites excluding steroid dienone is 1. The quantitative estimate of drug-likeness (QED) is 0.169. The largest absolute Gasteiger partial charge is 0.490 e. The van der Waals surface area contributed by atoms with Crippen molar-refractivity contribution in [3.8, 4) is 28.4 Å². The molecule has 1 aromatic carbocycles. The Hall–Kier alpha value is -3.31. The minimum Gasteiger partial charge on any atom is -0.490 e. The molecule has 184 valence electrons. The Balaban J connectivity index is 1.45. The second-order valence-corrected chi connectivity index (χ2v) is 8.62. The van der Waals surface area contributed by atoms with Gasteiger partial charge in [0, 0.05) is 30.8 Å². The summed E-state index contributed by atoms with van der Waals surface area (Å²) in [5.74, 6) is 1.43. The van der Waals surface area contributed by atoms with Crippen LogP contribution in [0.4, 0.5) is 0 Å². The average molecular weight is 472 g/mol. The summed E-state index contributed by atoms with van der Waals surface area (Å²) >= 11 is 0. The van der Waals surface area contributed by atoms with Crippen LogP contribution < -0.4 is 4.74 Å². The van der Waals surface area contributed by atoms with E-state index in [1.54, 1.807) is 6.08 Å². The molecule has 5 heteroatoms. The predicted octanol–water partition coefficient (Wildman–Crippen LogP) is 7.55. The van der Waals surface area contributed by atoms with Crippen molar-refractivity contribution in [1.82, 2.24) is 15.0 Å². The number of unbranched alkanes of at least 4 members (excludes halogenated alkanes) is 3. The molecule has 0 amide bonds. The third kappa shape index (κ3) is 9.10. The van der Waals surface area contributed by atoms with Crippen LogP contribution in [-0.4, -0.2) is 34.3 Å². The Morgan fingerprint density at radius 3 is 2.40 bits per heavy atom. The van der Waals surface area contributed by atoms with E-state index in [-0.39, 0.29) is 0 Å². The monoisotopic (exact) mass is 471 g/mol. The van der Waals surface area contributed by atoms with E-state index in [1.165, 1.54) is 19.3 Å². The second kappa shape index (κ2) is 14.8. The molecule has 5 nitrogen and oxygen atoms in total. The summed E-state index contributed by atoms with van der Waals surface area (Å²) in [5, 5.41) is 0. The van der Waals surface area contributed by atoms with E-state index in [0.29, 0.717) is 18.5 Å². The molecule has 0 aliphatic rings. The Kier molecular flexibility index (Phi) is 11.2. The highest BCUT2D eigenvalue weighted by Gasteiger charge is 2.05. The highest BCUT2D eigenvalue weighted by Crippen LogP contribution is 2.22. The summed E-state index contributed by atoms with van der Waals surface area (Å²) in [6.07, 6.45) is 18.8. The van der Waals surface area contributed by atoms with Gasteiger partial charge in [0.2, 0.25) is 0 Å². The van der Waals surface area contributed by atoms with Crippen molar-refractivity contribution >= 4 is 6.08 Å². The van der Waals surface area contributed by atoms with Gasteiger partial charge in [0.1, 0.15) is 18.1 Å². The van der Waals surface area contributed by atoms with E-state index in [4.69, 9.17) is 9.47 Å². The van der Waals surface area contributed by atoms with Gasteiger partial charge in [-0.15, -0.1) is 0 Å². The zero-order valence-corrected chi connectivity index (χ0v) is 21.0. The lowest BCUT2D eigenvalue weighted by Crippen LogP contribution is -2.08. The minimum absolute atomic E-state index is 0.336. The minimum atomic E-state index is 0.336. The predicted molar refractivity (Wildman–Crippen MR) is 144 cm³/mol. The number of aromatic nitrogens is 3. The van der Waals surface area contributed by atoms with E-state index in [0.717, 1.165) is 54.0 Å². The lowest BCUT2D eigenvalue weighted by molar-refractivity contribution is 0.0566. The third-order valence-corrected chi connectivity index (χ3v) is 5.66. The van der Waals surface area contributed by atoms with E-state index in [9.17, 15) is 0 Å². The van der Waals surface area contributed by atoms with Crippen molar-refractivity contribution in [3.63, 3.8) is 0 Å².